The average molecular weight is 416 g/mol. The third kappa shape index (κ3) is 4.52. The first-order valence-electron chi connectivity index (χ1n) is 8.40. The predicted molar refractivity (Wildman–Crippen MR) is 110 cm³/mol. The molecule has 2 aromatic carbocycles. The van der Waals surface area contributed by atoms with Crippen LogP contribution in [0.3, 0.4) is 0 Å². The highest BCUT2D eigenvalue weighted by Crippen LogP contribution is 2.31. The van der Waals surface area contributed by atoms with Crippen LogP contribution in [0, 0.1) is 6.92 Å². The summed E-state index contributed by atoms with van der Waals surface area (Å²) < 4.78 is 1.87. The largest absolute Gasteiger partial charge is 0.351 e. The van der Waals surface area contributed by atoms with Crippen LogP contribution in [-0.2, 0) is 4.79 Å². The van der Waals surface area contributed by atoms with E-state index in [-0.39, 0.29) is 0 Å². The van der Waals surface area contributed by atoms with Gasteiger partial charge in [0.1, 0.15) is 0 Å². The van der Waals surface area contributed by atoms with Crippen molar-refractivity contribution < 1.29 is 9.59 Å². The Balaban J connectivity index is 2.04. The molecule has 1 aromatic heterocycles. The van der Waals surface area contributed by atoms with Gasteiger partial charge in [-0.15, -0.1) is 10.2 Å². The van der Waals surface area contributed by atoms with Crippen molar-refractivity contribution in [2.45, 2.75) is 24.3 Å². The third-order valence-corrected chi connectivity index (χ3v) is 5.19. The summed E-state index contributed by atoms with van der Waals surface area (Å²) >= 11 is 7.18. The summed E-state index contributed by atoms with van der Waals surface area (Å²) in [6.45, 7) is 3.66. The quantitative estimate of drug-likeness (QED) is 0.620. The lowest BCUT2D eigenvalue weighted by Crippen LogP contribution is -2.39. The number of halogens is 1. The van der Waals surface area contributed by atoms with Gasteiger partial charge >= 0.3 is 6.03 Å². The van der Waals surface area contributed by atoms with Crippen LogP contribution in [0.15, 0.2) is 53.7 Å². The Morgan fingerprint density at radius 2 is 1.89 bits per heavy atom. The molecule has 0 fully saturated rings. The van der Waals surface area contributed by atoms with Gasteiger partial charge < -0.3 is 5.73 Å². The molecule has 0 saturated heterocycles. The molecule has 0 spiro atoms. The zero-order valence-electron chi connectivity index (χ0n) is 15.2. The van der Waals surface area contributed by atoms with E-state index in [1.807, 2.05) is 47.9 Å². The molecule has 144 valence electrons. The number of carbonyl (C=O) groups is 2. The molecule has 0 aliphatic carbocycles. The number of nitrogens with one attached hydrogen (secondary N) is 1. The average Bonchev–Trinajstić information content (AvgIpc) is 3.05. The lowest BCUT2D eigenvalue weighted by atomic mass is 10.2. The standard InChI is InChI=1S/C19H18ClN5O2S/c1-11-4-3-5-15(10-11)25-16(13-6-8-14(20)9-7-13)23-24-19(25)28-12(2)17(26)22-18(21)27/h3-10,12H,1-2H3,(H3,21,22,26,27). The predicted octanol–water partition coefficient (Wildman–Crippen LogP) is 3.57. The molecular formula is C19H18ClN5O2S. The summed E-state index contributed by atoms with van der Waals surface area (Å²) in [6.07, 6.45) is 0. The van der Waals surface area contributed by atoms with Gasteiger partial charge in [-0.25, -0.2) is 4.79 Å². The number of aryl methyl sites for hydroxylation is 1. The van der Waals surface area contributed by atoms with Gasteiger partial charge in [-0.1, -0.05) is 35.5 Å². The van der Waals surface area contributed by atoms with Crippen LogP contribution in [0.1, 0.15) is 12.5 Å². The number of benzene rings is 2. The van der Waals surface area contributed by atoms with Crippen molar-refractivity contribution in [2.75, 3.05) is 0 Å². The van der Waals surface area contributed by atoms with Crippen molar-refractivity contribution in [1.29, 1.82) is 0 Å². The number of nitrogens with zero attached hydrogens (tertiary/aromatic N) is 3. The third-order valence-electron chi connectivity index (χ3n) is 3.89. The fraction of sp³-hybridized carbons (Fsp3) is 0.158. The summed E-state index contributed by atoms with van der Waals surface area (Å²) in [6, 6.07) is 14.3. The van der Waals surface area contributed by atoms with Crippen LogP contribution in [0.2, 0.25) is 5.02 Å². The van der Waals surface area contributed by atoms with Crippen molar-refractivity contribution in [3.05, 3.63) is 59.1 Å². The maximum atomic E-state index is 12.1. The Morgan fingerprint density at radius 1 is 1.18 bits per heavy atom. The van der Waals surface area contributed by atoms with Crippen molar-refractivity contribution in [1.82, 2.24) is 20.1 Å². The molecule has 0 saturated carbocycles. The second kappa shape index (κ2) is 8.45. The first kappa shape index (κ1) is 19.9. The second-order valence-electron chi connectivity index (χ2n) is 6.10. The van der Waals surface area contributed by atoms with Crippen LogP contribution in [0.5, 0.6) is 0 Å². The van der Waals surface area contributed by atoms with Gasteiger partial charge in [-0.05, 0) is 55.8 Å². The lowest BCUT2D eigenvalue weighted by Gasteiger charge is -2.13. The topological polar surface area (TPSA) is 103 Å². The molecule has 9 heteroatoms. The minimum atomic E-state index is -0.889. The number of hydrogen-bond acceptors (Lipinski definition) is 5. The summed E-state index contributed by atoms with van der Waals surface area (Å²) in [5.74, 6) is 0.122. The van der Waals surface area contributed by atoms with Gasteiger partial charge in [0.05, 0.1) is 5.25 Å². The van der Waals surface area contributed by atoms with E-state index in [0.29, 0.717) is 16.0 Å². The fourth-order valence-electron chi connectivity index (χ4n) is 2.57. The molecule has 0 aliphatic rings. The number of rotatable bonds is 5. The van der Waals surface area contributed by atoms with Crippen LogP contribution in [0.25, 0.3) is 17.1 Å². The highest BCUT2D eigenvalue weighted by molar-refractivity contribution is 8.00. The van der Waals surface area contributed by atoms with Crippen molar-refractivity contribution in [3.63, 3.8) is 0 Å². The Bertz CT molecular complexity index is 1020. The van der Waals surface area contributed by atoms with Gasteiger partial charge in [0, 0.05) is 16.3 Å². The van der Waals surface area contributed by atoms with Gasteiger partial charge in [0.15, 0.2) is 11.0 Å². The highest BCUT2D eigenvalue weighted by atomic mass is 35.5. The van der Waals surface area contributed by atoms with Crippen LogP contribution < -0.4 is 11.1 Å². The van der Waals surface area contributed by atoms with E-state index < -0.39 is 17.2 Å². The van der Waals surface area contributed by atoms with E-state index in [1.165, 1.54) is 11.8 Å². The minimum Gasteiger partial charge on any atom is -0.351 e. The zero-order chi connectivity index (χ0) is 20.3. The molecule has 0 aliphatic heterocycles. The summed E-state index contributed by atoms with van der Waals surface area (Å²) in [7, 11) is 0. The van der Waals surface area contributed by atoms with E-state index in [2.05, 4.69) is 15.5 Å². The van der Waals surface area contributed by atoms with Crippen molar-refractivity contribution in [3.8, 4) is 17.1 Å². The number of imide groups is 1. The monoisotopic (exact) mass is 415 g/mol. The normalized spacial score (nSPS) is 11.8. The molecule has 1 unspecified atom stereocenters. The number of amides is 3. The Hall–Kier alpha value is -2.84. The number of hydrogen-bond donors (Lipinski definition) is 2. The van der Waals surface area contributed by atoms with E-state index in [0.717, 1.165) is 16.8 Å². The molecule has 28 heavy (non-hydrogen) atoms. The molecule has 0 bridgehead atoms. The van der Waals surface area contributed by atoms with Crippen molar-refractivity contribution in [2.24, 2.45) is 5.73 Å². The molecule has 3 amide bonds. The van der Waals surface area contributed by atoms with Gasteiger partial charge in [0.2, 0.25) is 5.91 Å². The number of thioether (sulfide) groups is 1. The zero-order valence-corrected chi connectivity index (χ0v) is 16.8. The summed E-state index contributed by atoms with van der Waals surface area (Å²) in [5, 5.41) is 11.2. The van der Waals surface area contributed by atoms with E-state index in [4.69, 9.17) is 17.3 Å². The Labute approximate surface area is 171 Å². The molecule has 1 atom stereocenters. The van der Waals surface area contributed by atoms with E-state index in [9.17, 15) is 9.59 Å². The molecular weight excluding hydrogens is 398 g/mol. The second-order valence-corrected chi connectivity index (χ2v) is 7.85. The molecule has 3 aromatic rings. The van der Waals surface area contributed by atoms with Crippen LogP contribution >= 0.6 is 23.4 Å². The Kier molecular flexibility index (Phi) is 6.01. The van der Waals surface area contributed by atoms with Crippen molar-refractivity contribution >= 4 is 35.3 Å². The number of carbonyl (C=O) groups excluding carboxylic acids is 2. The molecule has 1 heterocycles. The molecule has 0 radical (unpaired) electrons. The maximum Gasteiger partial charge on any atom is 0.318 e. The number of primary amides is 1. The summed E-state index contributed by atoms with van der Waals surface area (Å²) in [4.78, 5) is 23.0. The lowest BCUT2D eigenvalue weighted by molar-refractivity contribution is -0.119. The van der Waals surface area contributed by atoms with Gasteiger partial charge in [-0.2, -0.15) is 0 Å². The SMILES string of the molecule is Cc1cccc(-n2c(SC(C)C(=O)NC(N)=O)nnc2-c2ccc(Cl)cc2)c1. The Morgan fingerprint density at radius 3 is 2.54 bits per heavy atom. The fourth-order valence-corrected chi connectivity index (χ4v) is 3.56. The highest BCUT2D eigenvalue weighted by Gasteiger charge is 2.22. The molecule has 7 nitrogen and oxygen atoms in total. The van der Waals surface area contributed by atoms with E-state index >= 15 is 0 Å². The minimum absolute atomic E-state index is 0.496. The molecule has 3 rings (SSSR count). The first-order chi connectivity index (χ1) is 13.3. The smallest absolute Gasteiger partial charge is 0.318 e. The number of aromatic nitrogens is 3. The maximum absolute atomic E-state index is 12.1. The van der Waals surface area contributed by atoms with Crippen LogP contribution in [0.4, 0.5) is 4.79 Å². The van der Waals surface area contributed by atoms with Gasteiger partial charge in [0.25, 0.3) is 0 Å². The van der Waals surface area contributed by atoms with E-state index in [1.54, 1.807) is 19.1 Å². The number of nitrogens with two attached hydrogens (primary N) is 1. The number of urea groups is 1. The summed E-state index contributed by atoms with van der Waals surface area (Å²) in [5.41, 5.74) is 7.80. The van der Waals surface area contributed by atoms with Gasteiger partial charge in [-0.3, -0.25) is 14.7 Å². The molecule has 3 N–H and O–H groups in total. The van der Waals surface area contributed by atoms with Crippen LogP contribution in [-0.4, -0.2) is 32.0 Å². The first-order valence-corrected chi connectivity index (χ1v) is 9.66.